The summed E-state index contributed by atoms with van der Waals surface area (Å²) in [5.74, 6) is -0.366. The summed E-state index contributed by atoms with van der Waals surface area (Å²) in [5.41, 5.74) is 0. The van der Waals surface area contributed by atoms with Crippen LogP contribution in [0, 0.1) is 0 Å². The first-order valence-corrected chi connectivity index (χ1v) is 6.80. The maximum atomic E-state index is 11.0. The van der Waals surface area contributed by atoms with E-state index in [2.05, 4.69) is 16.8 Å². The highest BCUT2D eigenvalue weighted by atomic mass is 17.5. The van der Waals surface area contributed by atoms with Gasteiger partial charge < -0.3 is 0 Å². The molecule has 0 radical (unpaired) electrons. The fourth-order valence-corrected chi connectivity index (χ4v) is 1.40. The van der Waals surface area contributed by atoms with Crippen molar-refractivity contribution in [3.05, 3.63) is 0 Å². The molecule has 0 unspecified atom stereocenters. The lowest BCUT2D eigenvalue weighted by atomic mass is 10.1. The summed E-state index contributed by atoms with van der Waals surface area (Å²) in [6, 6.07) is 0. The van der Waals surface area contributed by atoms with Crippen LogP contribution < -0.4 is 0 Å². The van der Waals surface area contributed by atoms with E-state index in [-0.39, 0.29) is 5.97 Å². The molecule has 4 nitrogen and oxygen atoms in total. The summed E-state index contributed by atoms with van der Waals surface area (Å²) < 4.78 is 0. The van der Waals surface area contributed by atoms with Gasteiger partial charge in [-0.05, 0) is 17.9 Å². The molecule has 0 aromatic heterocycles. The van der Waals surface area contributed by atoms with Gasteiger partial charge in [-0.25, -0.2) is 4.79 Å². The van der Waals surface area contributed by atoms with Crippen LogP contribution in [0.3, 0.4) is 0 Å². The van der Waals surface area contributed by atoms with E-state index in [4.69, 9.17) is 4.89 Å². The summed E-state index contributed by atoms with van der Waals surface area (Å²) in [5, 5.41) is 4.37. The molecule has 0 aromatic carbocycles. The highest BCUT2D eigenvalue weighted by Crippen LogP contribution is 2.05. The first-order chi connectivity index (χ1) is 8.31. The van der Waals surface area contributed by atoms with Crippen molar-refractivity contribution in [2.75, 3.05) is 6.61 Å². The molecule has 0 rings (SSSR count). The topological polar surface area (TPSA) is 44.8 Å². The minimum absolute atomic E-state index is 0.366. The quantitative estimate of drug-likeness (QED) is 0.297. The Morgan fingerprint density at radius 1 is 0.882 bits per heavy atom. The lowest BCUT2D eigenvalue weighted by Crippen LogP contribution is -2.06. The van der Waals surface area contributed by atoms with Gasteiger partial charge in [0.1, 0.15) is 0 Å². The van der Waals surface area contributed by atoms with Crippen LogP contribution in [0.5, 0.6) is 0 Å². The average molecular weight is 246 g/mol. The second kappa shape index (κ2) is 13.5. The predicted molar refractivity (Wildman–Crippen MR) is 66.0 cm³/mol. The van der Waals surface area contributed by atoms with E-state index in [9.17, 15) is 4.79 Å². The Kier molecular flexibility index (Phi) is 13.0. The van der Waals surface area contributed by atoms with Gasteiger partial charge in [-0.2, -0.15) is 4.89 Å². The van der Waals surface area contributed by atoms with Gasteiger partial charge in [0, 0.05) is 6.42 Å². The SMILES string of the molecule is CCCCCCCCOOOC(=O)CCCC. The number of carbonyl (C=O) groups is 1. The van der Waals surface area contributed by atoms with Crippen LogP contribution in [-0.4, -0.2) is 12.6 Å². The smallest absolute Gasteiger partial charge is 0.269 e. The minimum atomic E-state index is -0.366. The Labute approximate surface area is 104 Å². The van der Waals surface area contributed by atoms with Gasteiger partial charge >= 0.3 is 5.97 Å². The zero-order valence-electron chi connectivity index (χ0n) is 11.2. The Balaban J connectivity index is 3.05. The van der Waals surface area contributed by atoms with Gasteiger partial charge in [-0.15, -0.1) is 0 Å². The minimum Gasteiger partial charge on any atom is -0.269 e. The van der Waals surface area contributed by atoms with Crippen LogP contribution in [0.2, 0.25) is 0 Å². The molecule has 0 saturated heterocycles. The Morgan fingerprint density at radius 3 is 2.24 bits per heavy atom. The van der Waals surface area contributed by atoms with Crippen LogP contribution >= 0.6 is 0 Å². The third-order valence-electron chi connectivity index (χ3n) is 2.49. The van der Waals surface area contributed by atoms with Crippen LogP contribution in [0.4, 0.5) is 0 Å². The largest absolute Gasteiger partial charge is 0.345 e. The van der Waals surface area contributed by atoms with E-state index >= 15 is 0 Å². The number of hydrogen-bond acceptors (Lipinski definition) is 4. The predicted octanol–water partition coefficient (Wildman–Crippen LogP) is 3.94. The zero-order valence-corrected chi connectivity index (χ0v) is 11.2. The lowest BCUT2D eigenvalue weighted by molar-refractivity contribution is -0.486. The van der Waals surface area contributed by atoms with Gasteiger partial charge in [0.05, 0.1) is 6.61 Å². The number of carbonyl (C=O) groups excluding carboxylic acids is 1. The highest BCUT2D eigenvalue weighted by Gasteiger charge is 2.02. The van der Waals surface area contributed by atoms with Crippen molar-refractivity contribution in [1.29, 1.82) is 0 Å². The van der Waals surface area contributed by atoms with Gasteiger partial charge in [-0.3, -0.25) is 4.89 Å². The number of unbranched alkanes of at least 4 members (excludes halogenated alkanes) is 6. The first kappa shape index (κ1) is 16.4. The Morgan fingerprint density at radius 2 is 1.53 bits per heavy atom. The summed E-state index contributed by atoms with van der Waals surface area (Å²) in [6.07, 6.45) is 9.31. The van der Waals surface area contributed by atoms with Gasteiger partial charge in [0.25, 0.3) is 0 Å². The van der Waals surface area contributed by atoms with E-state index in [1.807, 2.05) is 6.92 Å². The average Bonchev–Trinajstić information content (AvgIpc) is 2.34. The van der Waals surface area contributed by atoms with Crippen LogP contribution in [0.25, 0.3) is 0 Å². The molecule has 0 aliphatic rings. The molecule has 0 saturated carbocycles. The van der Waals surface area contributed by atoms with Crippen molar-refractivity contribution in [3.63, 3.8) is 0 Å². The molecule has 0 aromatic rings. The van der Waals surface area contributed by atoms with Crippen molar-refractivity contribution in [3.8, 4) is 0 Å². The monoisotopic (exact) mass is 246 g/mol. The third-order valence-corrected chi connectivity index (χ3v) is 2.49. The highest BCUT2D eigenvalue weighted by molar-refractivity contribution is 5.68. The summed E-state index contributed by atoms with van der Waals surface area (Å²) in [7, 11) is 0. The molecule has 0 spiro atoms. The molecule has 17 heavy (non-hydrogen) atoms. The molecular formula is C13H26O4. The van der Waals surface area contributed by atoms with Gasteiger partial charge in [-0.1, -0.05) is 52.4 Å². The van der Waals surface area contributed by atoms with Crippen LogP contribution in [-0.2, 0) is 19.6 Å². The maximum Gasteiger partial charge on any atom is 0.345 e. The normalized spacial score (nSPS) is 10.5. The lowest BCUT2D eigenvalue weighted by Gasteiger charge is -2.02. The van der Waals surface area contributed by atoms with Gasteiger partial charge in [0.2, 0.25) is 0 Å². The van der Waals surface area contributed by atoms with Gasteiger partial charge in [0.15, 0.2) is 0 Å². The maximum absolute atomic E-state index is 11.0. The second-order valence-corrected chi connectivity index (χ2v) is 4.22. The van der Waals surface area contributed by atoms with Crippen LogP contribution in [0.1, 0.15) is 71.6 Å². The van der Waals surface area contributed by atoms with Crippen molar-refractivity contribution in [2.45, 2.75) is 71.6 Å². The van der Waals surface area contributed by atoms with E-state index < -0.39 is 0 Å². The molecule has 0 heterocycles. The summed E-state index contributed by atoms with van der Waals surface area (Å²) in [4.78, 5) is 20.2. The molecule has 4 heteroatoms. The molecule has 0 amide bonds. The zero-order chi connectivity index (χ0) is 12.8. The fraction of sp³-hybridized carbons (Fsp3) is 0.923. The van der Waals surface area contributed by atoms with Crippen molar-refractivity contribution >= 4 is 5.97 Å². The summed E-state index contributed by atoms with van der Waals surface area (Å²) >= 11 is 0. The number of hydrogen-bond donors (Lipinski definition) is 0. The molecule has 0 bridgehead atoms. The van der Waals surface area contributed by atoms with Crippen molar-refractivity contribution in [1.82, 2.24) is 0 Å². The fourth-order valence-electron chi connectivity index (χ4n) is 1.40. The van der Waals surface area contributed by atoms with Crippen molar-refractivity contribution in [2.24, 2.45) is 0 Å². The molecule has 102 valence electrons. The molecular weight excluding hydrogens is 220 g/mol. The molecule has 0 fully saturated rings. The molecule has 0 aliphatic carbocycles. The summed E-state index contributed by atoms with van der Waals surface area (Å²) in [6.45, 7) is 4.69. The van der Waals surface area contributed by atoms with E-state index in [1.165, 1.54) is 25.7 Å². The molecule has 0 N–H and O–H groups in total. The first-order valence-electron chi connectivity index (χ1n) is 6.80. The Bertz CT molecular complexity index is 171. The Hall–Kier alpha value is -0.610. The van der Waals surface area contributed by atoms with E-state index in [1.54, 1.807) is 0 Å². The molecule has 0 atom stereocenters. The van der Waals surface area contributed by atoms with E-state index in [0.717, 1.165) is 25.7 Å². The third kappa shape index (κ3) is 13.3. The number of rotatable bonds is 12. The standard InChI is InChI=1S/C13H26O4/c1-3-5-7-8-9-10-12-15-17-16-13(14)11-6-4-2/h3-12H2,1-2H3. The van der Waals surface area contributed by atoms with Crippen LogP contribution in [0.15, 0.2) is 0 Å². The van der Waals surface area contributed by atoms with E-state index in [0.29, 0.717) is 13.0 Å². The molecule has 0 aliphatic heterocycles. The van der Waals surface area contributed by atoms with Crippen molar-refractivity contribution < 1.29 is 19.6 Å². The second-order valence-electron chi connectivity index (χ2n) is 4.22.